The number of hydrogen-bond acceptors (Lipinski definition) is 7. The second-order valence-electron chi connectivity index (χ2n) is 6.86. The minimum absolute atomic E-state index is 0.0105. The third-order valence-electron chi connectivity index (χ3n) is 4.75. The Hall–Kier alpha value is -2.39. The van der Waals surface area contributed by atoms with E-state index in [1.54, 1.807) is 13.2 Å². The van der Waals surface area contributed by atoms with E-state index in [1.807, 2.05) is 36.4 Å². The lowest BCUT2D eigenvalue weighted by molar-refractivity contribution is -0.115. The third-order valence-corrected chi connectivity index (χ3v) is 5.56. The Morgan fingerprint density at radius 3 is 2.67 bits per heavy atom. The topological polar surface area (TPSA) is 103 Å². The quantitative estimate of drug-likeness (QED) is 0.286. The summed E-state index contributed by atoms with van der Waals surface area (Å²) in [4.78, 5) is 23.7. The summed E-state index contributed by atoms with van der Waals surface area (Å²) in [5, 5.41) is 7.19. The molecule has 0 aromatic heterocycles. The number of amides is 2. The normalized spacial score (nSPS) is 16.3. The molecule has 1 fully saturated rings. The maximum Gasteiger partial charge on any atom is 0.290 e. The minimum Gasteiger partial charge on any atom is -0.493 e. The molecule has 7 nitrogen and oxygen atoms in total. The second kappa shape index (κ2) is 11.1. The highest BCUT2D eigenvalue weighted by atomic mass is 32.2. The van der Waals surface area contributed by atoms with Crippen molar-refractivity contribution in [3.05, 3.63) is 46.9 Å². The minimum atomic E-state index is -0.359. The highest BCUT2D eigenvalue weighted by Crippen LogP contribution is 2.32. The predicted molar refractivity (Wildman–Crippen MR) is 120 cm³/mol. The van der Waals surface area contributed by atoms with Gasteiger partial charge in [0.1, 0.15) is 12.0 Å². The zero-order valence-electron chi connectivity index (χ0n) is 17.0. The molecule has 1 unspecified atom stereocenters. The molecule has 1 saturated heterocycles. The first kappa shape index (κ1) is 22.3. The number of nitrogens with one attached hydrogen (secondary N) is 2. The van der Waals surface area contributed by atoms with E-state index in [1.165, 1.54) is 0 Å². The van der Waals surface area contributed by atoms with Crippen LogP contribution < -0.4 is 21.1 Å². The van der Waals surface area contributed by atoms with Crippen LogP contribution in [0.5, 0.6) is 5.75 Å². The Kier molecular flexibility index (Phi) is 8.27. The van der Waals surface area contributed by atoms with E-state index in [4.69, 9.17) is 15.2 Å². The molecular formula is C22H27N3O4S. The second-order valence-corrected chi connectivity index (χ2v) is 7.88. The molecule has 0 aliphatic carbocycles. The Labute approximate surface area is 180 Å². The standard InChI is InChI=1S/C22H27N3O4S/c1-28-20(24-12-5-11-23)8-4-13-29-18-10-9-15(16-6-2-3-7-17(16)18)14-19-21(26)25-22(27)30-19/h2-3,6-7,9-10,14,20,24H,4-5,8,11-13,23H2,1H3,(H,25,26,27)/b19-14-. The molecule has 8 heteroatoms. The maximum absolute atomic E-state index is 11.9. The number of imide groups is 1. The van der Waals surface area contributed by atoms with Gasteiger partial charge in [-0.1, -0.05) is 30.3 Å². The lowest BCUT2D eigenvalue weighted by atomic mass is 10.0. The van der Waals surface area contributed by atoms with Crippen LogP contribution in [0.4, 0.5) is 4.79 Å². The van der Waals surface area contributed by atoms with Crippen molar-refractivity contribution in [2.75, 3.05) is 26.8 Å². The van der Waals surface area contributed by atoms with E-state index < -0.39 is 0 Å². The first-order valence-electron chi connectivity index (χ1n) is 9.98. The molecule has 1 aliphatic rings. The maximum atomic E-state index is 11.9. The van der Waals surface area contributed by atoms with Crippen LogP contribution in [-0.2, 0) is 9.53 Å². The summed E-state index contributed by atoms with van der Waals surface area (Å²) in [6.07, 6.45) is 4.33. The van der Waals surface area contributed by atoms with Crippen LogP contribution in [0.3, 0.4) is 0 Å². The van der Waals surface area contributed by atoms with Crippen LogP contribution in [0.25, 0.3) is 16.8 Å². The smallest absolute Gasteiger partial charge is 0.290 e. The molecule has 1 atom stereocenters. The molecule has 3 rings (SSSR count). The summed E-state index contributed by atoms with van der Waals surface area (Å²) in [6, 6.07) is 11.7. The fraction of sp³-hybridized carbons (Fsp3) is 0.364. The molecule has 0 radical (unpaired) electrons. The van der Waals surface area contributed by atoms with Crippen molar-refractivity contribution in [1.82, 2.24) is 10.6 Å². The number of thioether (sulfide) groups is 1. The van der Waals surface area contributed by atoms with Gasteiger partial charge in [-0.05, 0) is 67.2 Å². The van der Waals surface area contributed by atoms with Crippen molar-refractivity contribution in [3.63, 3.8) is 0 Å². The van der Waals surface area contributed by atoms with Gasteiger partial charge in [-0.25, -0.2) is 0 Å². The zero-order chi connectivity index (χ0) is 21.3. The number of methoxy groups -OCH3 is 1. The van der Waals surface area contributed by atoms with Crippen LogP contribution >= 0.6 is 11.8 Å². The summed E-state index contributed by atoms with van der Waals surface area (Å²) in [5.74, 6) is 0.430. The molecule has 0 spiro atoms. The SMILES string of the molecule is COC(CCCOc1ccc(/C=C2\SC(=O)NC2=O)c2ccccc12)NCCCN. The summed E-state index contributed by atoms with van der Waals surface area (Å²) >= 11 is 0.915. The lowest BCUT2D eigenvalue weighted by Crippen LogP contribution is -2.32. The van der Waals surface area contributed by atoms with Crippen LogP contribution in [0.2, 0.25) is 0 Å². The fourth-order valence-electron chi connectivity index (χ4n) is 3.23. The molecule has 2 aromatic carbocycles. The number of carbonyl (C=O) groups excluding carboxylic acids is 2. The van der Waals surface area contributed by atoms with Crippen molar-refractivity contribution < 1.29 is 19.1 Å². The van der Waals surface area contributed by atoms with Gasteiger partial charge in [0.25, 0.3) is 11.1 Å². The third kappa shape index (κ3) is 5.82. The largest absolute Gasteiger partial charge is 0.493 e. The van der Waals surface area contributed by atoms with E-state index in [0.29, 0.717) is 18.1 Å². The van der Waals surface area contributed by atoms with Gasteiger partial charge in [0.15, 0.2) is 0 Å². The Balaban J connectivity index is 1.66. The van der Waals surface area contributed by atoms with Gasteiger partial charge in [-0.2, -0.15) is 0 Å². The molecular weight excluding hydrogens is 402 g/mol. The molecule has 2 aromatic rings. The average molecular weight is 430 g/mol. The molecule has 2 amide bonds. The van der Waals surface area contributed by atoms with Crippen LogP contribution in [0, 0.1) is 0 Å². The molecule has 30 heavy (non-hydrogen) atoms. The lowest BCUT2D eigenvalue weighted by Gasteiger charge is -2.17. The van der Waals surface area contributed by atoms with E-state index in [0.717, 1.165) is 59.7 Å². The average Bonchev–Trinajstić information content (AvgIpc) is 3.07. The molecule has 0 saturated carbocycles. The Morgan fingerprint density at radius 1 is 1.17 bits per heavy atom. The number of nitrogens with two attached hydrogens (primary N) is 1. The van der Waals surface area contributed by atoms with Crippen LogP contribution in [-0.4, -0.2) is 44.2 Å². The molecule has 1 aliphatic heterocycles. The van der Waals surface area contributed by atoms with Crippen molar-refractivity contribution in [2.24, 2.45) is 5.73 Å². The van der Waals surface area contributed by atoms with E-state index in [9.17, 15) is 9.59 Å². The van der Waals surface area contributed by atoms with E-state index in [2.05, 4.69) is 10.6 Å². The van der Waals surface area contributed by atoms with Crippen molar-refractivity contribution in [3.8, 4) is 5.75 Å². The molecule has 0 bridgehead atoms. The summed E-state index contributed by atoms with van der Waals surface area (Å²) < 4.78 is 11.5. The Bertz CT molecular complexity index is 932. The first-order chi connectivity index (χ1) is 14.6. The number of hydrogen-bond donors (Lipinski definition) is 3. The molecule has 1 heterocycles. The van der Waals surface area contributed by atoms with E-state index >= 15 is 0 Å². The number of benzene rings is 2. The molecule has 160 valence electrons. The summed E-state index contributed by atoms with van der Waals surface area (Å²) in [6.45, 7) is 2.06. The first-order valence-corrected chi connectivity index (χ1v) is 10.8. The van der Waals surface area contributed by atoms with Crippen molar-refractivity contribution in [2.45, 2.75) is 25.5 Å². The Morgan fingerprint density at radius 2 is 1.97 bits per heavy atom. The monoisotopic (exact) mass is 429 g/mol. The number of ether oxygens (including phenoxy) is 2. The van der Waals surface area contributed by atoms with Crippen molar-refractivity contribution in [1.29, 1.82) is 0 Å². The summed E-state index contributed by atoms with van der Waals surface area (Å²) in [5.41, 5.74) is 6.39. The van der Waals surface area contributed by atoms with Crippen LogP contribution in [0.15, 0.2) is 41.3 Å². The van der Waals surface area contributed by atoms with Gasteiger partial charge < -0.3 is 15.2 Å². The van der Waals surface area contributed by atoms with Gasteiger partial charge in [-0.15, -0.1) is 0 Å². The van der Waals surface area contributed by atoms with Gasteiger partial charge in [0.2, 0.25) is 0 Å². The van der Waals surface area contributed by atoms with Crippen molar-refractivity contribution >= 4 is 39.8 Å². The van der Waals surface area contributed by atoms with Gasteiger partial charge >= 0.3 is 0 Å². The number of carbonyl (C=O) groups is 2. The zero-order valence-corrected chi connectivity index (χ0v) is 17.8. The predicted octanol–water partition coefficient (Wildman–Crippen LogP) is 3.23. The fourth-order valence-corrected chi connectivity index (χ4v) is 3.90. The highest BCUT2D eigenvalue weighted by molar-refractivity contribution is 8.18. The number of fused-ring (bicyclic) bond motifs is 1. The number of rotatable bonds is 11. The molecule has 4 N–H and O–H groups in total. The van der Waals surface area contributed by atoms with E-state index in [-0.39, 0.29) is 17.4 Å². The van der Waals surface area contributed by atoms with Gasteiger partial charge in [-0.3, -0.25) is 20.2 Å². The van der Waals surface area contributed by atoms with Crippen LogP contribution in [0.1, 0.15) is 24.8 Å². The highest BCUT2D eigenvalue weighted by Gasteiger charge is 2.25. The van der Waals surface area contributed by atoms with Gasteiger partial charge in [0, 0.05) is 12.5 Å². The van der Waals surface area contributed by atoms with Gasteiger partial charge in [0.05, 0.1) is 11.5 Å². The summed E-state index contributed by atoms with van der Waals surface area (Å²) in [7, 11) is 1.69.